The van der Waals surface area contributed by atoms with E-state index in [0.29, 0.717) is 0 Å². The number of hydrogen-bond acceptors (Lipinski definition) is 0. The van der Waals surface area contributed by atoms with Crippen molar-refractivity contribution in [3.05, 3.63) is 22.8 Å². The van der Waals surface area contributed by atoms with E-state index in [0.717, 1.165) is 11.1 Å². The summed E-state index contributed by atoms with van der Waals surface area (Å²) in [5.74, 6) is 0. The van der Waals surface area contributed by atoms with Crippen LogP contribution in [0.25, 0.3) is 0 Å². The topological polar surface area (TPSA) is 0 Å². The smallest absolute Gasteiger partial charge is 0.0564 e. The number of allylic oxidation sites excluding steroid dienone is 4. The Morgan fingerprint density at radius 2 is 1.24 bits per heavy atom. The highest BCUT2D eigenvalue weighted by molar-refractivity contribution is 6.80. The van der Waals surface area contributed by atoms with Crippen LogP contribution in [0.3, 0.4) is 0 Å². The van der Waals surface area contributed by atoms with Crippen LogP contribution < -0.4 is 0 Å². The summed E-state index contributed by atoms with van der Waals surface area (Å²) in [5, 5.41) is 0. The van der Waals surface area contributed by atoms with Crippen molar-refractivity contribution in [2.75, 3.05) is 0 Å². The first-order valence-corrected chi connectivity index (χ1v) is 14.0. The van der Waals surface area contributed by atoms with E-state index in [-0.39, 0.29) is 0 Å². The van der Waals surface area contributed by atoms with Crippen molar-refractivity contribution >= 4 is 16.1 Å². The van der Waals surface area contributed by atoms with Gasteiger partial charge in [0.05, 0.1) is 16.1 Å². The van der Waals surface area contributed by atoms with Crippen molar-refractivity contribution in [1.82, 2.24) is 0 Å². The predicted octanol–water partition coefficient (Wildman–Crippen LogP) is 5.70. The van der Waals surface area contributed by atoms with Gasteiger partial charge in [0.2, 0.25) is 0 Å². The molecule has 1 aliphatic rings. The van der Waals surface area contributed by atoms with E-state index >= 15 is 0 Å². The molecule has 0 saturated heterocycles. The molecule has 0 bridgehead atoms. The van der Waals surface area contributed by atoms with Gasteiger partial charge < -0.3 is 0 Å². The highest BCUT2D eigenvalue weighted by Crippen LogP contribution is 2.47. The second kappa shape index (κ2) is 4.54. The quantitative estimate of drug-likeness (QED) is 0.444. The predicted molar refractivity (Wildman–Crippen MR) is 86.3 cm³/mol. The molecule has 0 N–H and O–H groups in total. The maximum absolute atomic E-state index is 2.61. The van der Waals surface area contributed by atoms with Crippen LogP contribution in [0, 0.1) is 0 Å². The van der Waals surface area contributed by atoms with Gasteiger partial charge in [0.15, 0.2) is 0 Å². The molecule has 2 heteroatoms. The monoisotopic (exact) mass is 266 g/mol. The Kier molecular flexibility index (Phi) is 4.00. The minimum absolute atomic E-state index is 0.759. The summed E-state index contributed by atoms with van der Waals surface area (Å²) in [4.78, 5) is 0. The van der Waals surface area contributed by atoms with Crippen molar-refractivity contribution in [3.63, 3.8) is 0 Å². The first kappa shape index (κ1) is 15.0. The van der Waals surface area contributed by atoms with Crippen molar-refractivity contribution in [1.29, 1.82) is 0 Å². The summed E-state index contributed by atoms with van der Waals surface area (Å²) in [5.41, 5.74) is 6.56. The Bertz CT molecular complexity index is 361. The summed E-state index contributed by atoms with van der Waals surface area (Å²) >= 11 is 0. The van der Waals surface area contributed by atoms with Gasteiger partial charge in [-0.15, -0.1) is 0 Å². The van der Waals surface area contributed by atoms with Gasteiger partial charge in [0, 0.05) is 0 Å². The minimum Gasteiger partial charge on any atom is -0.0808 e. The fraction of sp³-hybridized carbons (Fsp3) is 0.733. The van der Waals surface area contributed by atoms with Gasteiger partial charge in [-0.1, -0.05) is 62.1 Å². The Hall–Kier alpha value is -0.0862. The Morgan fingerprint density at radius 3 is 1.59 bits per heavy atom. The fourth-order valence-electron chi connectivity index (χ4n) is 3.53. The first-order valence-electron chi connectivity index (χ1n) is 6.82. The third kappa shape index (κ3) is 3.02. The van der Waals surface area contributed by atoms with Gasteiger partial charge in [0.25, 0.3) is 0 Å². The Morgan fingerprint density at radius 1 is 0.765 bits per heavy atom. The van der Waals surface area contributed by atoms with Gasteiger partial charge in [-0.2, -0.15) is 0 Å². The van der Waals surface area contributed by atoms with Crippen LogP contribution in [0.5, 0.6) is 0 Å². The zero-order chi connectivity index (χ0) is 13.6. The molecule has 0 aliphatic heterocycles. The van der Waals surface area contributed by atoms with E-state index < -0.39 is 16.1 Å². The largest absolute Gasteiger partial charge is 0.0808 e. The molecule has 0 fully saturated rings. The maximum atomic E-state index is 2.61. The maximum Gasteiger partial charge on any atom is 0.0564 e. The van der Waals surface area contributed by atoms with Crippen LogP contribution in [-0.4, -0.2) is 16.1 Å². The average Bonchev–Trinajstić information content (AvgIpc) is 2.07. The number of hydrogen-bond donors (Lipinski definition) is 0. The Labute approximate surface area is 110 Å². The zero-order valence-corrected chi connectivity index (χ0v) is 15.2. The van der Waals surface area contributed by atoms with Crippen LogP contribution >= 0.6 is 0 Å². The van der Waals surface area contributed by atoms with Gasteiger partial charge in [0.1, 0.15) is 0 Å². The van der Waals surface area contributed by atoms with Crippen LogP contribution in [0.1, 0.15) is 20.8 Å². The van der Waals surface area contributed by atoms with E-state index in [9.17, 15) is 0 Å². The summed E-state index contributed by atoms with van der Waals surface area (Å²) in [7, 11) is -2.23. The molecule has 2 atom stereocenters. The molecule has 2 unspecified atom stereocenters. The summed E-state index contributed by atoms with van der Waals surface area (Å²) in [6, 6.07) is 0. The molecular formula is C15H30Si2. The molecule has 0 heterocycles. The van der Waals surface area contributed by atoms with Crippen LogP contribution in [0.15, 0.2) is 22.8 Å². The lowest BCUT2D eigenvalue weighted by Crippen LogP contribution is -2.36. The molecule has 1 rings (SSSR count). The highest BCUT2D eigenvalue weighted by atomic mass is 28.3. The minimum atomic E-state index is -1.12. The lowest BCUT2D eigenvalue weighted by atomic mass is 9.93. The molecule has 0 amide bonds. The third-order valence-corrected chi connectivity index (χ3v) is 9.29. The summed E-state index contributed by atoms with van der Waals surface area (Å²) in [6.07, 6.45) is 2.61. The van der Waals surface area contributed by atoms with Gasteiger partial charge in [-0.25, -0.2) is 0 Å². The van der Waals surface area contributed by atoms with E-state index in [2.05, 4.69) is 66.1 Å². The normalized spacial score (nSPS) is 27.2. The molecule has 17 heavy (non-hydrogen) atoms. The second-order valence-electron chi connectivity index (χ2n) is 7.92. The Balaban J connectivity index is 3.24. The molecule has 0 nitrogen and oxygen atoms in total. The molecule has 0 aromatic rings. The molecule has 0 radical (unpaired) electrons. The van der Waals surface area contributed by atoms with Crippen molar-refractivity contribution in [2.45, 2.75) is 71.1 Å². The van der Waals surface area contributed by atoms with Crippen molar-refractivity contribution < 1.29 is 0 Å². The molecule has 0 aromatic heterocycles. The zero-order valence-electron chi connectivity index (χ0n) is 13.2. The van der Waals surface area contributed by atoms with Crippen LogP contribution in [-0.2, 0) is 0 Å². The molecule has 98 valence electrons. The molecule has 0 spiro atoms. The summed E-state index contributed by atoms with van der Waals surface area (Å²) < 4.78 is 0. The SMILES string of the molecule is CC1=CC([Si](C)(C)C)C(C)=C(C)C1[Si](C)(C)C. The van der Waals surface area contributed by atoms with E-state index in [1.807, 2.05) is 0 Å². The lowest BCUT2D eigenvalue weighted by Gasteiger charge is -2.40. The van der Waals surface area contributed by atoms with Crippen LogP contribution in [0.4, 0.5) is 0 Å². The second-order valence-corrected chi connectivity index (χ2v) is 18.6. The van der Waals surface area contributed by atoms with Crippen molar-refractivity contribution in [3.8, 4) is 0 Å². The van der Waals surface area contributed by atoms with E-state index in [1.165, 1.54) is 0 Å². The fourth-order valence-corrected chi connectivity index (χ4v) is 8.81. The van der Waals surface area contributed by atoms with Gasteiger partial charge in [-0.3, -0.25) is 0 Å². The summed E-state index contributed by atoms with van der Waals surface area (Å²) in [6.45, 7) is 22.1. The van der Waals surface area contributed by atoms with Crippen LogP contribution in [0.2, 0.25) is 50.4 Å². The standard InChI is InChI=1S/C15H30Si2/c1-11-10-14(16(4,5)6)12(2)13(3)15(11)17(7,8)9/h10,14-15H,1-9H3. The van der Waals surface area contributed by atoms with E-state index in [1.54, 1.807) is 16.7 Å². The first-order chi connectivity index (χ1) is 7.46. The third-order valence-electron chi connectivity index (χ3n) is 4.21. The number of rotatable bonds is 2. The highest BCUT2D eigenvalue weighted by Gasteiger charge is 2.37. The average molecular weight is 267 g/mol. The van der Waals surface area contributed by atoms with Crippen molar-refractivity contribution in [2.24, 2.45) is 0 Å². The van der Waals surface area contributed by atoms with Gasteiger partial charge in [-0.05, 0) is 31.9 Å². The van der Waals surface area contributed by atoms with Gasteiger partial charge >= 0.3 is 0 Å². The molecule has 0 aromatic carbocycles. The molecular weight excluding hydrogens is 236 g/mol. The van der Waals surface area contributed by atoms with E-state index in [4.69, 9.17) is 0 Å². The molecule has 1 aliphatic carbocycles. The lowest BCUT2D eigenvalue weighted by molar-refractivity contribution is 0.921. The molecule has 0 saturated carbocycles.